The van der Waals surface area contributed by atoms with Crippen molar-refractivity contribution in [1.29, 1.82) is 0 Å². The van der Waals surface area contributed by atoms with Gasteiger partial charge in [0.2, 0.25) is 0 Å². The minimum atomic E-state index is -0.754. The van der Waals surface area contributed by atoms with Crippen LogP contribution in [-0.4, -0.2) is 23.7 Å². The van der Waals surface area contributed by atoms with Gasteiger partial charge in [0.05, 0.1) is 6.54 Å². The average Bonchev–Trinajstić information content (AvgIpc) is 2.25. The number of carboxylic acid groups (broad SMARTS) is 1. The SMILES string of the molecule is CCCCCC(CCCCC)NCC(=O)O. The minimum absolute atomic E-state index is 0.100. The van der Waals surface area contributed by atoms with Crippen LogP contribution in [0.3, 0.4) is 0 Å². The Morgan fingerprint density at radius 2 is 1.56 bits per heavy atom. The molecule has 3 nitrogen and oxygen atoms in total. The number of rotatable bonds is 11. The molecule has 0 aliphatic rings. The number of unbranched alkanes of at least 4 members (excludes halogenated alkanes) is 4. The standard InChI is InChI=1S/C13H27NO2/c1-3-5-7-9-12(10-8-6-4-2)14-11-13(15)16/h12,14H,3-11H2,1-2H3,(H,15,16). The molecule has 0 radical (unpaired) electrons. The van der Waals surface area contributed by atoms with E-state index >= 15 is 0 Å². The zero-order chi connectivity index (χ0) is 12.2. The molecule has 0 spiro atoms. The molecule has 0 aliphatic carbocycles. The largest absolute Gasteiger partial charge is 0.480 e. The fourth-order valence-electron chi connectivity index (χ4n) is 1.86. The van der Waals surface area contributed by atoms with Gasteiger partial charge < -0.3 is 10.4 Å². The third-order valence-electron chi connectivity index (χ3n) is 2.85. The smallest absolute Gasteiger partial charge is 0.317 e. The quantitative estimate of drug-likeness (QED) is 0.535. The van der Waals surface area contributed by atoms with E-state index in [2.05, 4.69) is 19.2 Å². The lowest BCUT2D eigenvalue weighted by atomic mass is 10.0. The molecule has 0 fully saturated rings. The monoisotopic (exact) mass is 229 g/mol. The van der Waals surface area contributed by atoms with Crippen LogP contribution in [0, 0.1) is 0 Å². The molecule has 0 bridgehead atoms. The van der Waals surface area contributed by atoms with Crippen molar-refractivity contribution in [3.8, 4) is 0 Å². The van der Waals surface area contributed by atoms with Crippen molar-refractivity contribution >= 4 is 5.97 Å². The molecule has 0 aromatic carbocycles. The Morgan fingerprint density at radius 3 is 1.94 bits per heavy atom. The maximum atomic E-state index is 10.5. The van der Waals surface area contributed by atoms with Crippen LogP contribution in [0.1, 0.15) is 65.2 Å². The fourth-order valence-corrected chi connectivity index (χ4v) is 1.86. The molecule has 0 heterocycles. The predicted octanol–water partition coefficient (Wildman–Crippen LogP) is 3.19. The average molecular weight is 229 g/mol. The molecule has 0 aromatic rings. The number of hydrogen-bond donors (Lipinski definition) is 2. The van der Waals surface area contributed by atoms with Crippen molar-refractivity contribution in [3.63, 3.8) is 0 Å². The predicted molar refractivity (Wildman–Crippen MR) is 67.7 cm³/mol. The van der Waals surface area contributed by atoms with Crippen LogP contribution >= 0.6 is 0 Å². The summed E-state index contributed by atoms with van der Waals surface area (Å²) >= 11 is 0. The van der Waals surface area contributed by atoms with Crippen LogP contribution in [0.15, 0.2) is 0 Å². The maximum absolute atomic E-state index is 10.5. The summed E-state index contributed by atoms with van der Waals surface area (Å²) in [6, 6.07) is 0.397. The summed E-state index contributed by atoms with van der Waals surface area (Å²) in [7, 11) is 0. The van der Waals surface area contributed by atoms with E-state index < -0.39 is 5.97 Å². The molecule has 0 amide bonds. The van der Waals surface area contributed by atoms with Gasteiger partial charge >= 0.3 is 5.97 Å². The highest BCUT2D eigenvalue weighted by molar-refractivity contribution is 5.69. The van der Waals surface area contributed by atoms with Gasteiger partial charge in [-0.25, -0.2) is 0 Å². The van der Waals surface area contributed by atoms with Crippen LogP contribution in [0.4, 0.5) is 0 Å². The molecule has 96 valence electrons. The molecular weight excluding hydrogens is 202 g/mol. The molecule has 0 unspecified atom stereocenters. The number of hydrogen-bond acceptors (Lipinski definition) is 2. The van der Waals surface area contributed by atoms with Gasteiger partial charge in [-0.2, -0.15) is 0 Å². The molecular formula is C13H27NO2. The van der Waals surface area contributed by atoms with Crippen molar-refractivity contribution in [1.82, 2.24) is 5.32 Å². The Balaban J connectivity index is 3.71. The normalized spacial score (nSPS) is 10.9. The zero-order valence-electron chi connectivity index (χ0n) is 10.8. The van der Waals surface area contributed by atoms with Gasteiger partial charge in [-0.3, -0.25) is 4.79 Å². The third-order valence-corrected chi connectivity index (χ3v) is 2.85. The summed E-state index contributed by atoms with van der Waals surface area (Å²) in [5, 5.41) is 11.8. The highest BCUT2D eigenvalue weighted by atomic mass is 16.4. The second-order valence-electron chi connectivity index (χ2n) is 4.46. The molecule has 16 heavy (non-hydrogen) atoms. The van der Waals surface area contributed by atoms with Crippen LogP contribution in [0.2, 0.25) is 0 Å². The van der Waals surface area contributed by atoms with E-state index in [1.807, 2.05) is 0 Å². The highest BCUT2D eigenvalue weighted by Crippen LogP contribution is 2.10. The fraction of sp³-hybridized carbons (Fsp3) is 0.923. The Hall–Kier alpha value is -0.570. The Bertz CT molecular complexity index is 161. The van der Waals surface area contributed by atoms with E-state index in [1.54, 1.807) is 0 Å². The Kier molecular flexibility index (Phi) is 10.5. The van der Waals surface area contributed by atoms with Gasteiger partial charge in [0.15, 0.2) is 0 Å². The van der Waals surface area contributed by atoms with Crippen LogP contribution in [-0.2, 0) is 4.79 Å². The Labute approximate surface area is 99.6 Å². The van der Waals surface area contributed by atoms with E-state index in [0.717, 1.165) is 12.8 Å². The summed E-state index contributed by atoms with van der Waals surface area (Å²) in [5.41, 5.74) is 0. The number of carboxylic acids is 1. The lowest BCUT2D eigenvalue weighted by Gasteiger charge is -2.17. The second kappa shape index (κ2) is 10.9. The molecule has 0 saturated heterocycles. The minimum Gasteiger partial charge on any atom is -0.480 e. The highest BCUT2D eigenvalue weighted by Gasteiger charge is 2.08. The van der Waals surface area contributed by atoms with Crippen LogP contribution in [0.5, 0.6) is 0 Å². The van der Waals surface area contributed by atoms with E-state index in [1.165, 1.54) is 38.5 Å². The van der Waals surface area contributed by atoms with Crippen LogP contribution < -0.4 is 5.32 Å². The third kappa shape index (κ3) is 9.97. The first-order chi connectivity index (χ1) is 7.70. The van der Waals surface area contributed by atoms with E-state index in [4.69, 9.17) is 5.11 Å². The first kappa shape index (κ1) is 15.4. The molecule has 0 saturated carbocycles. The van der Waals surface area contributed by atoms with Crippen molar-refractivity contribution in [2.24, 2.45) is 0 Å². The summed E-state index contributed by atoms with van der Waals surface area (Å²) in [4.78, 5) is 10.5. The molecule has 0 atom stereocenters. The summed E-state index contributed by atoms with van der Waals surface area (Å²) in [6.45, 7) is 4.48. The van der Waals surface area contributed by atoms with Crippen molar-refractivity contribution < 1.29 is 9.90 Å². The summed E-state index contributed by atoms with van der Waals surface area (Å²) < 4.78 is 0. The molecule has 0 aliphatic heterocycles. The van der Waals surface area contributed by atoms with Gasteiger partial charge in [0.25, 0.3) is 0 Å². The van der Waals surface area contributed by atoms with Crippen molar-refractivity contribution in [2.75, 3.05) is 6.54 Å². The topological polar surface area (TPSA) is 49.3 Å². The summed E-state index contributed by atoms with van der Waals surface area (Å²) in [6.07, 6.45) is 9.59. The molecule has 3 heteroatoms. The van der Waals surface area contributed by atoms with Gasteiger partial charge in [0, 0.05) is 6.04 Å². The summed E-state index contributed by atoms with van der Waals surface area (Å²) in [5.74, 6) is -0.754. The molecule has 0 aromatic heterocycles. The first-order valence-corrected chi connectivity index (χ1v) is 6.65. The lowest BCUT2D eigenvalue weighted by Crippen LogP contribution is -2.33. The zero-order valence-corrected chi connectivity index (χ0v) is 10.8. The van der Waals surface area contributed by atoms with Gasteiger partial charge in [-0.05, 0) is 12.8 Å². The number of carbonyl (C=O) groups is 1. The number of aliphatic carboxylic acids is 1. The van der Waals surface area contributed by atoms with Gasteiger partial charge in [-0.15, -0.1) is 0 Å². The number of nitrogens with one attached hydrogen (secondary N) is 1. The maximum Gasteiger partial charge on any atom is 0.317 e. The van der Waals surface area contributed by atoms with Crippen molar-refractivity contribution in [3.05, 3.63) is 0 Å². The first-order valence-electron chi connectivity index (χ1n) is 6.65. The van der Waals surface area contributed by atoms with Gasteiger partial charge in [-0.1, -0.05) is 52.4 Å². The molecule has 0 rings (SSSR count). The second-order valence-corrected chi connectivity index (χ2v) is 4.46. The van der Waals surface area contributed by atoms with E-state index in [-0.39, 0.29) is 6.54 Å². The van der Waals surface area contributed by atoms with Gasteiger partial charge in [0.1, 0.15) is 0 Å². The van der Waals surface area contributed by atoms with E-state index in [0.29, 0.717) is 6.04 Å². The van der Waals surface area contributed by atoms with Crippen LogP contribution in [0.25, 0.3) is 0 Å². The van der Waals surface area contributed by atoms with E-state index in [9.17, 15) is 4.79 Å². The Morgan fingerprint density at radius 1 is 1.06 bits per heavy atom. The lowest BCUT2D eigenvalue weighted by molar-refractivity contribution is -0.136. The van der Waals surface area contributed by atoms with Crippen molar-refractivity contribution in [2.45, 2.75) is 71.3 Å². The molecule has 2 N–H and O–H groups in total.